The van der Waals surface area contributed by atoms with Gasteiger partial charge in [-0.15, -0.1) is 0 Å². The number of hydrogen-bond acceptors (Lipinski definition) is 3. The maximum Gasteiger partial charge on any atom is 0.271 e. The van der Waals surface area contributed by atoms with Gasteiger partial charge in [-0.3, -0.25) is 14.8 Å². The van der Waals surface area contributed by atoms with E-state index in [1.807, 2.05) is 24.3 Å². The number of likely N-dealkylation sites (N-methyl/N-ethyl adjacent to an activating group) is 1. The molecule has 24 heavy (non-hydrogen) atoms. The van der Waals surface area contributed by atoms with E-state index in [9.17, 15) is 4.79 Å². The third-order valence-electron chi connectivity index (χ3n) is 4.74. The smallest absolute Gasteiger partial charge is 0.271 e. The van der Waals surface area contributed by atoms with Crippen LogP contribution in [0.25, 0.3) is 0 Å². The Labute approximate surface area is 143 Å². The molecular formula is C19H26N4O. The molecule has 1 aliphatic carbocycles. The Balaban J connectivity index is 1.66. The van der Waals surface area contributed by atoms with Gasteiger partial charge in [0.1, 0.15) is 5.69 Å². The number of aromatic nitrogens is 2. The predicted octanol–water partition coefficient (Wildman–Crippen LogP) is 3.10. The molecule has 3 rings (SSSR count). The van der Waals surface area contributed by atoms with Crippen molar-refractivity contribution >= 4 is 5.91 Å². The first kappa shape index (κ1) is 16.7. The van der Waals surface area contributed by atoms with E-state index in [2.05, 4.69) is 46.4 Å². The third-order valence-corrected chi connectivity index (χ3v) is 4.74. The van der Waals surface area contributed by atoms with E-state index in [4.69, 9.17) is 0 Å². The van der Waals surface area contributed by atoms with Crippen molar-refractivity contribution in [2.75, 3.05) is 19.6 Å². The number of hydrogen-bond donors (Lipinski definition) is 2. The SMILES string of the molecule is CCN(CC)C(CNC(=O)c1cc(C2CC2)[nH]n1)c1ccccc1. The van der Waals surface area contributed by atoms with Crippen LogP contribution >= 0.6 is 0 Å². The average molecular weight is 326 g/mol. The van der Waals surface area contributed by atoms with Gasteiger partial charge in [0.25, 0.3) is 5.91 Å². The molecule has 1 amide bonds. The lowest BCUT2D eigenvalue weighted by Crippen LogP contribution is -2.38. The van der Waals surface area contributed by atoms with Crippen LogP contribution in [0.5, 0.6) is 0 Å². The first-order chi connectivity index (χ1) is 11.7. The van der Waals surface area contributed by atoms with Crippen LogP contribution in [0, 0.1) is 0 Å². The maximum atomic E-state index is 12.4. The summed E-state index contributed by atoms with van der Waals surface area (Å²) in [6, 6.07) is 12.4. The molecule has 1 heterocycles. The third kappa shape index (κ3) is 3.85. The quantitative estimate of drug-likeness (QED) is 0.783. The standard InChI is InChI=1S/C19H26N4O/c1-3-23(4-2)18(15-8-6-5-7-9-15)13-20-19(24)17-12-16(21-22-17)14-10-11-14/h5-9,12,14,18H,3-4,10-11,13H2,1-2H3,(H,20,24)(H,21,22). The maximum absolute atomic E-state index is 12.4. The van der Waals surface area contributed by atoms with Gasteiger partial charge in [-0.25, -0.2) is 0 Å². The average Bonchev–Trinajstić information content (AvgIpc) is 3.36. The molecule has 1 atom stereocenters. The monoisotopic (exact) mass is 326 g/mol. The van der Waals surface area contributed by atoms with Crippen molar-refractivity contribution in [2.24, 2.45) is 0 Å². The number of carbonyl (C=O) groups excluding carboxylic acids is 1. The summed E-state index contributed by atoms with van der Waals surface area (Å²) in [6.45, 7) is 6.77. The second kappa shape index (κ2) is 7.62. The van der Waals surface area contributed by atoms with E-state index in [0.717, 1.165) is 18.8 Å². The van der Waals surface area contributed by atoms with Gasteiger partial charge >= 0.3 is 0 Å². The van der Waals surface area contributed by atoms with Gasteiger partial charge in [0.2, 0.25) is 0 Å². The molecule has 1 fully saturated rings. The second-order valence-corrected chi connectivity index (χ2v) is 6.34. The minimum absolute atomic E-state index is 0.105. The highest BCUT2D eigenvalue weighted by Gasteiger charge is 2.27. The number of benzene rings is 1. The molecule has 1 aromatic heterocycles. The van der Waals surface area contributed by atoms with E-state index in [1.54, 1.807) is 0 Å². The summed E-state index contributed by atoms with van der Waals surface area (Å²) in [5.74, 6) is 0.470. The van der Waals surface area contributed by atoms with E-state index in [0.29, 0.717) is 18.2 Å². The van der Waals surface area contributed by atoms with Crippen molar-refractivity contribution in [2.45, 2.75) is 38.6 Å². The number of nitrogens with zero attached hydrogens (tertiary/aromatic N) is 2. The zero-order valence-electron chi connectivity index (χ0n) is 14.5. The molecule has 0 saturated heterocycles. The van der Waals surface area contributed by atoms with Crippen LogP contribution in [0.4, 0.5) is 0 Å². The Morgan fingerprint density at radius 1 is 1.29 bits per heavy atom. The molecule has 5 heteroatoms. The van der Waals surface area contributed by atoms with E-state index < -0.39 is 0 Å². The van der Waals surface area contributed by atoms with E-state index in [1.165, 1.54) is 18.4 Å². The summed E-state index contributed by atoms with van der Waals surface area (Å²) in [6.07, 6.45) is 2.39. The van der Waals surface area contributed by atoms with Crippen molar-refractivity contribution in [3.05, 3.63) is 53.3 Å². The highest BCUT2D eigenvalue weighted by atomic mass is 16.1. The van der Waals surface area contributed by atoms with Gasteiger partial charge in [0, 0.05) is 18.2 Å². The van der Waals surface area contributed by atoms with Gasteiger partial charge < -0.3 is 5.32 Å². The molecule has 5 nitrogen and oxygen atoms in total. The molecule has 0 bridgehead atoms. The van der Waals surface area contributed by atoms with Gasteiger partial charge in [-0.1, -0.05) is 44.2 Å². The van der Waals surface area contributed by atoms with Crippen LogP contribution in [0.2, 0.25) is 0 Å². The van der Waals surface area contributed by atoms with Crippen molar-refractivity contribution in [3.8, 4) is 0 Å². The highest BCUT2D eigenvalue weighted by Crippen LogP contribution is 2.38. The number of nitrogens with one attached hydrogen (secondary N) is 2. The fraction of sp³-hybridized carbons (Fsp3) is 0.474. The minimum atomic E-state index is -0.105. The van der Waals surface area contributed by atoms with E-state index in [-0.39, 0.29) is 11.9 Å². The van der Waals surface area contributed by atoms with E-state index >= 15 is 0 Å². The highest BCUT2D eigenvalue weighted by molar-refractivity contribution is 5.92. The molecule has 2 N–H and O–H groups in total. The Morgan fingerprint density at radius 2 is 2.00 bits per heavy atom. The predicted molar refractivity (Wildman–Crippen MR) is 95.0 cm³/mol. The van der Waals surface area contributed by atoms with Gasteiger partial charge in [0.05, 0.1) is 6.04 Å². The van der Waals surface area contributed by atoms with Gasteiger partial charge in [0.15, 0.2) is 0 Å². The lowest BCUT2D eigenvalue weighted by Gasteiger charge is -2.30. The number of amides is 1. The normalized spacial score (nSPS) is 15.5. The summed E-state index contributed by atoms with van der Waals surface area (Å²) < 4.78 is 0. The van der Waals surface area contributed by atoms with Crippen LogP contribution in [0.3, 0.4) is 0 Å². The first-order valence-electron chi connectivity index (χ1n) is 8.85. The molecule has 1 aromatic carbocycles. The van der Waals surface area contributed by atoms with Crippen LogP contribution in [-0.2, 0) is 0 Å². The van der Waals surface area contributed by atoms with Gasteiger partial charge in [-0.2, -0.15) is 5.10 Å². The summed E-state index contributed by atoms with van der Waals surface area (Å²) in [7, 11) is 0. The minimum Gasteiger partial charge on any atom is -0.349 e. The summed E-state index contributed by atoms with van der Waals surface area (Å²) in [4.78, 5) is 14.8. The molecule has 0 aliphatic heterocycles. The second-order valence-electron chi connectivity index (χ2n) is 6.34. The molecule has 0 radical (unpaired) electrons. The molecular weight excluding hydrogens is 300 g/mol. The fourth-order valence-corrected chi connectivity index (χ4v) is 3.13. The zero-order valence-corrected chi connectivity index (χ0v) is 14.5. The van der Waals surface area contributed by atoms with Crippen molar-refractivity contribution in [1.29, 1.82) is 0 Å². The number of carbonyl (C=O) groups is 1. The topological polar surface area (TPSA) is 61.0 Å². The molecule has 1 unspecified atom stereocenters. The lowest BCUT2D eigenvalue weighted by molar-refractivity contribution is 0.0930. The first-order valence-corrected chi connectivity index (χ1v) is 8.85. The number of aromatic amines is 1. The van der Waals surface area contributed by atoms with Crippen LogP contribution < -0.4 is 5.32 Å². The van der Waals surface area contributed by atoms with Crippen LogP contribution in [0.15, 0.2) is 36.4 Å². The zero-order chi connectivity index (χ0) is 16.9. The Kier molecular flexibility index (Phi) is 5.30. The molecule has 128 valence electrons. The van der Waals surface area contributed by atoms with Crippen molar-refractivity contribution < 1.29 is 4.79 Å². The van der Waals surface area contributed by atoms with Crippen molar-refractivity contribution in [1.82, 2.24) is 20.4 Å². The Morgan fingerprint density at radius 3 is 2.62 bits per heavy atom. The van der Waals surface area contributed by atoms with Crippen molar-refractivity contribution in [3.63, 3.8) is 0 Å². The van der Waals surface area contributed by atoms with Gasteiger partial charge in [-0.05, 0) is 37.6 Å². The van der Waals surface area contributed by atoms with Crippen LogP contribution in [-0.4, -0.2) is 40.6 Å². The number of H-pyrrole nitrogens is 1. The molecule has 2 aromatic rings. The fourth-order valence-electron chi connectivity index (χ4n) is 3.13. The Hall–Kier alpha value is -2.14. The largest absolute Gasteiger partial charge is 0.349 e. The molecule has 0 spiro atoms. The molecule has 1 aliphatic rings. The lowest BCUT2D eigenvalue weighted by atomic mass is 10.0. The summed E-state index contributed by atoms with van der Waals surface area (Å²) in [5, 5.41) is 10.2. The summed E-state index contributed by atoms with van der Waals surface area (Å²) in [5.41, 5.74) is 2.80. The summed E-state index contributed by atoms with van der Waals surface area (Å²) >= 11 is 0. The number of rotatable bonds is 8. The molecule has 1 saturated carbocycles. The Bertz CT molecular complexity index is 659. The van der Waals surface area contributed by atoms with Crippen LogP contribution in [0.1, 0.15) is 60.4 Å².